The van der Waals surface area contributed by atoms with E-state index in [9.17, 15) is 9.59 Å². The van der Waals surface area contributed by atoms with Crippen LogP contribution in [0.15, 0.2) is 71.3 Å². The predicted octanol–water partition coefficient (Wildman–Crippen LogP) is 3.87. The van der Waals surface area contributed by atoms with Gasteiger partial charge in [-0.05, 0) is 54.8 Å². The minimum Gasteiger partial charge on any atom is -0.467 e. The maximum absolute atomic E-state index is 13.0. The highest BCUT2D eigenvalue weighted by molar-refractivity contribution is 6.07. The summed E-state index contributed by atoms with van der Waals surface area (Å²) in [4.78, 5) is 26.9. The zero-order chi connectivity index (χ0) is 20.2. The second-order valence-corrected chi connectivity index (χ2v) is 7.17. The van der Waals surface area contributed by atoms with E-state index in [2.05, 4.69) is 17.6 Å². The molecule has 3 aromatic rings. The number of carbonyl (C=O) groups excluding carboxylic acids is 2. The van der Waals surface area contributed by atoms with Crippen LogP contribution in [0.1, 0.15) is 34.2 Å². The van der Waals surface area contributed by atoms with Crippen LogP contribution in [0.2, 0.25) is 0 Å². The van der Waals surface area contributed by atoms with E-state index >= 15 is 0 Å². The summed E-state index contributed by atoms with van der Waals surface area (Å²) in [6.45, 7) is 2.76. The predicted molar refractivity (Wildman–Crippen MR) is 111 cm³/mol. The van der Waals surface area contributed by atoms with Gasteiger partial charge in [0.25, 0.3) is 5.91 Å². The number of hydrogen-bond acceptors (Lipinski definition) is 3. The third-order valence-electron chi connectivity index (χ3n) is 5.06. The lowest BCUT2D eigenvalue weighted by molar-refractivity contribution is 0.0981. The minimum atomic E-state index is -0.271. The van der Waals surface area contributed by atoms with Crippen molar-refractivity contribution < 1.29 is 14.0 Å². The first-order chi connectivity index (χ1) is 14.1. The summed E-state index contributed by atoms with van der Waals surface area (Å²) in [7, 11) is 0. The molecule has 0 bridgehead atoms. The fourth-order valence-corrected chi connectivity index (χ4v) is 3.62. The van der Waals surface area contributed by atoms with Crippen LogP contribution in [0.5, 0.6) is 0 Å². The first-order valence-electron chi connectivity index (χ1n) is 9.66. The molecular formula is C23H23N3O3. The van der Waals surface area contributed by atoms with Crippen molar-refractivity contribution >= 4 is 17.6 Å². The Morgan fingerprint density at radius 3 is 2.59 bits per heavy atom. The highest BCUT2D eigenvalue weighted by atomic mass is 16.3. The van der Waals surface area contributed by atoms with Crippen molar-refractivity contribution in [2.45, 2.75) is 32.5 Å². The van der Waals surface area contributed by atoms with Crippen LogP contribution in [-0.4, -0.2) is 18.0 Å². The standard InChI is InChI=1S/C23H23N3O3/c1-16-12-19-10-9-17(14-24-23(28)25-15-20-8-5-11-29-20)13-21(19)26(16)22(27)18-6-3-2-4-7-18/h2-11,13,16H,12,14-15H2,1H3,(H2,24,25,28)/t16-/m0/s1. The Bertz CT molecular complexity index is 999. The fourth-order valence-electron chi connectivity index (χ4n) is 3.62. The van der Waals surface area contributed by atoms with Crippen molar-refractivity contribution in [2.75, 3.05) is 4.90 Å². The molecular weight excluding hydrogens is 366 g/mol. The lowest BCUT2D eigenvalue weighted by Gasteiger charge is -2.23. The molecule has 0 spiro atoms. The summed E-state index contributed by atoms with van der Waals surface area (Å²) in [6.07, 6.45) is 2.40. The molecule has 2 aromatic carbocycles. The summed E-state index contributed by atoms with van der Waals surface area (Å²) >= 11 is 0. The first kappa shape index (κ1) is 18.8. The number of furan rings is 1. The number of rotatable bonds is 5. The average molecular weight is 389 g/mol. The van der Waals surface area contributed by atoms with Crippen LogP contribution in [0.25, 0.3) is 0 Å². The largest absolute Gasteiger partial charge is 0.467 e. The van der Waals surface area contributed by atoms with Gasteiger partial charge in [0.2, 0.25) is 0 Å². The highest BCUT2D eigenvalue weighted by Crippen LogP contribution is 2.34. The van der Waals surface area contributed by atoms with Gasteiger partial charge in [0, 0.05) is 23.8 Å². The Balaban J connectivity index is 1.43. The normalized spacial score (nSPS) is 15.1. The molecule has 0 unspecified atom stereocenters. The van der Waals surface area contributed by atoms with Gasteiger partial charge in [0.1, 0.15) is 5.76 Å². The summed E-state index contributed by atoms with van der Waals surface area (Å²) in [5.74, 6) is 0.694. The third-order valence-corrected chi connectivity index (χ3v) is 5.06. The van der Waals surface area contributed by atoms with Gasteiger partial charge in [0.15, 0.2) is 0 Å². The van der Waals surface area contributed by atoms with Crippen molar-refractivity contribution in [1.29, 1.82) is 0 Å². The molecule has 2 N–H and O–H groups in total. The van der Waals surface area contributed by atoms with Gasteiger partial charge in [-0.3, -0.25) is 4.79 Å². The van der Waals surface area contributed by atoms with E-state index < -0.39 is 0 Å². The molecule has 0 aliphatic carbocycles. The number of fused-ring (bicyclic) bond motifs is 1. The van der Waals surface area contributed by atoms with Crippen LogP contribution >= 0.6 is 0 Å². The Morgan fingerprint density at radius 2 is 1.83 bits per heavy atom. The molecule has 4 rings (SSSR count). The molecule has 29 heavy (non-hydrogen) atoms. The molecule has 1 aliphatic rings. The number of nitrogens with zero attached hydrogens (tertiary/aromatic N) is 1. The molecule has 0 saturated heterocycles. The number of urea groups is 1. The number of benzene rings is 2. The summed E-state index contributed by atoms with van der Waals surface area (Å²) < 4.78 is 5.20. The number of amides is 3. The molecule has 6 heteroatoms. The SMILES string of the molecule is C[C@H]1Cc2ccc(CNC(=O)NCc3ccco3)cc2N1C(=O)c1ccccc1. The van der Waals surface area contributed by atoms with Crippen molar-refractivity contribution in [1.82, 2.24) is 10.6 Å². The lowest BCUT2D eigenvalue weighted by Crippen LogP contribution is -2.36. The number of hydrogen-bond donors (Lipinski definition) is 2. The fraction of sp³-hybridized carbons (Fsp3) is 0.217. The van der Waals surface area contributed by atoms with Crippen LogP contribution in [-0.2, 0) is 19.5 Å². The van der Waals surface area contributed by atoms with E-state index in [0.29, 0.717) is 24.4 Å². The smallest absolute Gasteiger partial charge is 0.315 e. The summed E-state index contributed by atoms with van der Waals surface area (Å²) in [5.41, 5.74) is 3.68. The molecule has 3 amide bonds. The van der Waals surface area contributed by atoms with Gasteiger partial charge >= 0.3 is 6.03 Å². The van der Waals surface area contributed by atoms with Gasteiger partial charge in [-0.15, -0.1) is 0 Å². The van der Waals surface area contributed by atoms with Crippen LogP contribution in [0.3, 0.4) is 0 Å². The zero-order valence-electron chi connectivity index (χ0n) is 16.2. The number of nitrogens with one attached hydrogen (secondary N) is 2. The molecule has 1 aliphatic heterocycles. The molecule has 0 radical (unpaired) electrons. The number of carbonyl (C=O) groups is 2. The summed E-state index contributed by atoms with van der Waals surface area (Å²) in [6, 6.07) is 18.8. The van der Waals surface area contributed by atoms with Crippen molar-refractivity contribution in [3.8, 4) is 0 Å². The first-order valence-corrected chi connectivity index (χ1v) is 9.66. The van der Waals surface area contributed by atoms with Crippen LogP contribution < -0.4 is 15.5 Å². The Kier molecular flexibility index (Phi) is 5.33. The van der Waals surface area contributed by atoms with Gasteiger partial charge in [0.05, 0.1) is 12.8 Å². The lowest BCUT2D eigenvalue weighted by atomic mass is 10.1. The third kappa shape index (κ3) is 4.16. The van der Waals surface area contributed by atoms with Gasteiger partial charge in [-0.2, -0.15) is 0 Å². The van der Waals surface area contributed by atoms with E-state index in [0.717, 1.165) is 23.2 Å². The minimum absolute atomic E-state index is 0.00171. The summed E-state index contributed by atoms with van der Waals surface area (Å²) in [5, 5.41) is 5.60. The van der Waals surface area contributed by atoms with Crippen molar-refractivity contribution in [3.05, 3.63) is 89.4 Å². The van der Waals surface area contributed by atoms with Gasteiger partial charge in [-0.1, -0.05) is 30.3 Å². The van der Waals surface area contributed by atoms with E-state index in [4.69, 9.17) is 4.42 Å². The topological polar surface area (TPSA) is 74.6 Å². The van der Waals surface area contributed by atoms with E-state index in [1.165, 1.54) is 0 Å². The quantitative estimate of drug-likeness (QED) is 0.696. The molecule has 6 nitrogen and oxygen atoms in total. The molecule has 0 saturated carbocycles. The van der Waals surface area contributed by atoms with Crippen molar-refractivity contribution in [2.24, 2.45) is 0 Å². The second kappa shape index (κ2) is 8.22. The monoisotopic (exact) mass is 389 g/mol. The molecule has 148 valence electrons. The molecule has 1 aromatic heterocycles. The Labute approximate surface area is 169 Å². The number of anilines is 1. The maximum Gasteiger partial charge on any atom is 0.315 e. The zero-order valence-corrected chi connectivity index (χ0v) is 16.2. The average Bonchev–Trinajstić information content (AvgIpc) is 3.37. The van der Waals surface area contributed by atoms with E-state index in [1.54, 1.807) is 18.4 Å². The second-order valence-electron chi connectivity index (χ2n) is 7.17. The van der Waals surface area contributed by atoms with E-state index in [1.807, 2.05) is 53.4 Å². The molecule has 1 atom stereocenters. The van der Waals surface area contributed by atoms with Crippen LogP contribution in [0.4, 0.5) is 10.5 Å². The Morgan fingerprint density at radius 1 is 1.03 bits per heavy atom. The highest BCUT2D eigenvalue weighted by Gasteiger charge is 2.31. The van der Waals surface area contributed by atoms with Gasteiger partial charge < -0.3 is 20.0 Å². The van der Waals surface area contributed by atoms with Gasteiger partial charge in [-0.25, -0.2) is 4.79 Å². The molecule has 2 heterocycles. The van der Waals surface area contributed by atoms with Crippen molar-refractivity contribution in [3.63, 3.8) is 0 Å². The maximum atomic E-state index is 13.0. The van der Waals surface area contributed by atoms with E-state index in [-0.39, 0.29) is 18.0 Å². The Hall–Kier alpha value is -3.54. The molecule has 0 fully saturated rings. The van der Waals surface area contributed by atoms with Crippen LogP contribution in [0, 0.1) is 0 Å².